The number of carbonyl (C=O) groups is 4. The Kier molecular flexibility index (Phi) is 11.1. The molecule has 1 aromatic carbocycles. The normalized spacial score (nSPS) is 33.7. The highest BCUT2D eigenvalue weighted by molar-refractivity contribution is 5.99. The van der Waals surface area contributed by atoms with Gasteiger partial charge in [-0.25, -0.2) is 0 Å². The molecule has 0 radical (unpaired) electrons. The number of aliphatic hydroxyl groups is 1. The van der Waals surface area contributed by atoms with Crippen molar-refractivity contribution in [3.8, 4) is 0 Å². The molecule has 12 nitrogen and oxygen atoms in total. The summed E-state index contributed by atoms with van der Waals surface area (Å²) >= 11 is 0. The molecule has 12 heteroatoms. The minimum Gasteiger partial charge on any atom is -0.455 e. The van der Waals surface area contributed by atoms with Crippen LogP contribution in [0.1, 0.15) is 51.7 Å². The number of ether oxygens (including phenoxy) is 3. The molecule has 272 valence electrons. The van der Waals surface area contributed by atoms with Gasteiger partial charge in [0.1, 0.15) is 23.7 Å². The summed E-state index contributed by atoms with van der Waals surface area (Å²) in [5, 5.41) is 10.7. The van der Waals surface area contributed by atoms with Gasteiger partial charge in [-0.05, 0) is 31.2 Å². The first-order valence-electron chi connectivity index (χ1n) is 18.1. The number of hydrogen-bond acceptors (Lipinski definition) is 9. The number of hydrogen-bond donors (Lipinski definition) is 1. The van der Waals surface area contributed by atoms with Gasteiger partial charge in [-0.15, -0.1) is 0 Å². The highest BCUT2D eigenvalue weighted by Crippen LogP contribution is 2.54. The number of cyclic esters (lactones) is 1. The first kappa shape index (κ1) is 36.2. The van der Waals surface area contributed by atoms with E-state index in [0.29, 0.717) is 45.7 Å². The number of likely N-dealkylation sites (tertiary alicyclic amines) is 1. The maximum atomic E-state index is 14.9. The highest BCUT2D eigenvalue weighted by Gasteiger charge is 2.72. The molecule has 0 unspecified atom stereocenters. The van der Waals surface area contributed by atoms with Crippen molar-refractivity contribution in [3.05, 3.63) is 60.2 Å². The number of benzene rings is 1. The number of amides is 3. The molecule has 1 N–H and O–H groups in total. The standard InChI is InChI=1S/C38H52N4O8/c1-25(2)23-28(24-43)42-34-36(46)41(18-17-40-19-21-48-22-20-40)16-10-15-38(34)32(35(42)45)31-29(50-38)13-8-9-14-30(44)39(4)26(3)33(49-37(31)47)27-11-6-5-7-12-27/h5-8,10-13,15,25-26,28-29,31-34,43H,9,14,16-24H2,1-4H3/b13-8-/t26-,28+,29-,31+,32+,33+,34-,38+/m0/s1. The molecule has 1 spiro atoms. The van der Waals surface area contributed by atoms with Crippen molar-refractivity contribution in [3.63, 3.8) is 0 Å². The molecule has 0 aliphatic carbocycles. The average molecular weight is 693 g/mol. The fourth-order valence-electron chi connectivity index (χ4n) is 8.38. The molecule has 8 atom stereocenters. The maximum Gasteiger partial charge on any atom is 0.313 e. The van der Waals surface area contributed by atoms with E-state index < -0.39 is 59.6 Å². The Labute approximate surface area is 295 Å². The van der Waals surface area contributed by atoms with Crippen molar-refractivity contribution < 1.29 is 38.5 Å². The smallest absolute Gasteiger partial charge is 0.313 e. The van der Waals surface area contributed by atoms with Crippen LogP contribution in [-0.2, 0) is 33.4 Å². The second-order valence-electron chi connectivity index (χ2n) is 14.7. The molecule has 0 saturated carbocycles. The van der Waals surface area contributed by atoms with Gasteiger partial charge in [0.15, 0.2) is 0 Å². The van der Waals surface area contributed by atoms with E-state index in [9.17, 15) is 24.3 Å². The number of esters is 1. The number of allylic oxidation sites excluding steroid dienone is 1. The largest absolute Gasteiger partial charge is 0.455 e. The Morgan fingerprint density at radius 2 is 1.74 bits per heavy atom. The lowest BCUT2D eigenvalue weighted by Gasteiger charge is -2.39. The lowest BCUT2D eigenvalue weighted by Crippen LogP contribution is -2.59. The number of rotatable bonds is 8. The lowest BCUT2D eigenvalue weighted by atomic mass is 9.77. The molecular formula is C38H52N4O8. The van der Waals surface area contributed by atoms with Crippen LogP contribution in [0.4, 0.5) is 0 Å². The molecule has 50 heavy (non-hydrogen) atoms. The SMILES string of the molecule is CC(C)C[C@H](CO)N1C(=O)[C@H]2[C@@H]3C(=O)O[C@@H](c4ccccc4)[C@H](C)N(C)C(=O)CC/C=C\[C@@H]3O[C@]23C=CCN(CCN2CCOCC2)C(=O)[C@H]13. The number of carbonyl (C=O) groups excluding carboxylic acids is 4. The van der Waals surface area contributed by atoms with Crippen molar-refractivity contribution in [1.82, 2.24) is 19.6 Å². The van der Waals surface area contributed by atoms with E-state index in [-0.39, 0.29) is 30.8 Å². The summed E-state index contributed by atoms with van der Waals surface area (Å²) < 4.78 is 18.7. The van der Waals surface area contributed by atoms with E-state index in [4.69, 9.17) is 14.2 Å². The molecule has 5 aliphatic heterocycles. The number of likely N-dealkylation sites (N-methyl/N-ethyl adjacent to an activating group) is 1. The molecule has 3 amide bonds. The Morgan fingerprint density at radius 3 is 2.44 bits per heavy atom. The van der Waals surface area contributed by atoms with E-state index in [1.165, 1.54) is 4.90 Å². The Hall–Kier alpha value is -3.58. The molecular weight excluding hydrogens is 640 g/mol. The third-order valence-corrected chi connectivity index (χ3v) is 11.1. The summed E-state index contributed by atoms with van der Waals surface area (Å²) in [6, 6.07) is 7.06. The number of nitrogens with zero attached hydrogens (tertiary/aromatic N) is 4. The Bertz CT molecular complexity index is 1460. The van der Waals surface area contributed by atoms with E-state index in [2.05, 4.69) is 4.90 Å². The Morgan fingerprint density at radius 1 is 1.00 bits per heavy atom. The molecule has 3 fully saturated rings. The van der Waals surface area contributed by atoms with Gasteiger partial charge < -0.3 is 34.0 Å². The molecule has 5 aliphatic rings. The second kappa shape index (κ2) is 15.3. The molecule has 1 aromatic rings. The zero-order chi connectivity index (χ0) is 35.6. The van der Waals surface area contributed by atoms with Gasteiger partial charge in [0.2, 0.25) is 17.7 Å². The first-order valence-corrected chi connectivity index (χ1v) is 18.1. The molecule has 5 heterocycles. The van der Waals surface area contributed by atoms with Crippen molar-refractivity contribution in [2.45, 2.75) is 76.0 Å². The van der Waals surface area contributed by atoms with Crippen molar-refractivity contribution in [2.24, 2.45) is 17.8 Å². The van der Waals surface area contributed by atoms with Gasteiger partial charge in [-0.1, -0.05) is 68.5 Å². The second-order valence-corrected chi connectivity index (χ2v) is 14.7. The highest BCUT2D eigenvalue weighted by atomic mass is 16.6. The monoisotopic (exact) mass is 692 g/mol. The first-order chi connectivity index (χ1) is 24.1. The van der Waals surface area contributed by atoms with Gasteiger partial charge in [0.05, 0.1) is 43.9 Å². The number of aliphatic hydroxyl groups excluding tert-OH is 1. The fourth-order valence-corrected chi connectivity index (χ4v) is 8.38. The maximum absolute atomic E-state index is 14.9. The third kappa shape index (κ3) is 6.87. The van der Waals surface area contributed by atoms with Crippen LogP contribution >= 0.6 is 0 Å². The average Bonchev–Trinajstić information content (AvgIpc) is 3.51. The molecule has 6 rings (SSSR count). The van der Waals surface area contributed by atoms with E-state index in [1.54, 1.807) is 22.9 Å². The van der Waals surface area contributed by atoms with Crippen LogP contribution in [0.2, 0.25) is 0 Å². The van der Waals surface area contributed by atoms with Gasteiger partial charge in [-0.2, -0.15) is 0 Å². The van der Waals surface area contributed by atoms with Gasteiger partial charge in [0, 0.05) is 46.2 Å². The van der Waals surface area contributed by atoms with Crippen LogP contribution in [0.25, 0.3) is 0 Å². The predicted octanol–water partition coefficient (Wildman–Crippen LogP) is 2.19. The van der Waals surface area contributed by atoms with Crippen molar-refractivity contribution in [2.75, 3.05) is 59.6 Å². The summed E-state index contributed by atoms with van der Waals surface area (Å²) in [6.45, 7) is 9.82. The van der Waals surface area contributed by atoms with Crippen LogP contribution < -0.4 is 0 Å². The van der Waals surface area contributed by atoms with Crippen molar-refractivity contribution in [1.29, 1.82) is 0 Å². The van der Waals surface area contributed by atoms with Crippen LogP contribution in [0.15, 0.2) is 54.6 Å². The van der Waals surface area contributed by atoms with E-state index in [1.807, 2.05) is 69.3 Å². The van der Waals surface area contributed by atoms with Crippen LogP contribution in [0.5, 0.6) is 0 Å². The topological polar surface area (TPSA) is 129 Å². The summed E-state index contributed by atoms with van der Waals surface area (Å²) in [7, 11) is 1.71. The number of morpholine rings is 1. The number of fused-ring (bicyclic) bond motifs is 2. The molecule has 0 bridgehead atoms. The summed E-state index contributed by atoms with van der Waals surface area (Å²) in [6.07, 6.45) is 6.71. The minimum atomic E-state index is -1.47. The molecule has 3 saturated heterocycles. The lowest BCUT2D eigenvalue weighted by molar-refractivity contribution is -0.164. The van der Waals surface area contributed by atoms with Gasteiger partial charge in [-0.3, -0.25) is 24.1 Å². The molecule has 0 aromatic heterocycles. The van der Waals surface area contributed by atoms with Crippen LogP contribution in [-0.4, -0.2) is 138 Å². The third-order valence-electron chi connectivity index (χ3n) is 11.1. The summed E-state index contributed by atoms with van der Waals surface area (Å²) in [4.78, 5) is 64.6. The van der Waals surface area contributed by atoms with Crippen molar-refractivity contribution >= 4 is 23.7 Å². The zero-order valence-corrected chi connectivity index (χ0v) is 29.7. The summed E-state index contributed by atoms with van der Waals surface area (Å²) in [5.41, 5.74) is -0.744. The van der Waals surface area contributed by atoms with Gasteiger partial charge in [0.25, 0.3) is 0 Å². The predicted molar refractivity (Wildman–Crippen MR) is 184 cm³/mol. The summed E-state index contributed by atoms with van der Waals surface area (Å²) in [5.74, 6) is -3.38. The van der Waals surface area contributed by atoms with Gasteiger partial charge >= 0.3 is 5.97 Å². The quantitative estimate of drug-likeness (QED) is 0.322. The van der Waals surface area contributed by atoms with Crippen LogP contribution in [0.3, 0.4) is 0 Å². The zero-order valence-electron chi connectivity index (χ0n) is 29.7. The van der Waals surface area contributed by atoms with E-state index in [0.717, 1.165) is 18.7 Å². The fraction of sp³-hybridized carbons (Fsp3) is 0.632. The van der Waals surface area contributed by atoms with E-state index >= 15 is 0 Å². The minimum absolute atomic E-state index is 0.0837. The van der Waals surface area contributed by atoms with Crippen LogP contribution in [0, 0.1) is 17.8 Å². The Balaban J connectivity index is 1.41.